The summed E-state index contributed by atoms with van der Waals surface area (Å²) in [5, 5.41) is 12.3. The smallest absolute Gasteiger partial charge is 0.282 e. The van der Waals surface area contributed by atoms with Gasteiger partial charge in [0.25, 0.3) is 5.91 Å². The first-order valence-electron chi connectivity index (χ1n) is 8.10. The van der Waals surface area contributed by atoms with Gasteiger partial charge in [0.2, 0.25) is 5.01 Å². The second-order valence-electron chi connectivity index (χ2n) is 6.09. The summed E-state index contributed by atoms with van der Waals surface area (Å²) in [6, 6.07) is 8.10. The van der Waals surface area contributed by atoms with Crippen molar-refractivity contribution in [3.05, 3.63) is 45.4 Å². The Balaban J connectivity index is 1.52. The molecule has 1 atom stereocenters. The Bertz CT molecular complexity index is 686. The number of nitrogens with zero attached hydrogens (tertiary/aromatic N) is 3. The number of nitrogens with one attached hydrogen (secondary N) is 1. The Morgan fingerprint density at radius 1 is 1.38 bits per heavy atom. The summed E-state index contributed by atoms with van der Waals surface area (Å²) in [4.78, 5) is 14.5. The summed E-state index contributed by atoms with van der Waals surface area (Å²) in [5.41, 5.74) is 2.28. The van der Waals surface area contributed by atoms with Crippen LogP contribution in [0.5, 0.6) is 0 Å². The van der Waals surface area contributed by atoms with E-state index in [0.29, 0.717) is 11.6 Å². The Morgan fingerprint density at radius 2 is 2.17 bits per heavy atom. The van der Waals surface area contributed by atoms with Crippen molar-refractivity contribution in [3.8, 4) is 0 Å². The van der Waals surface area contributed by atoms with Crippen molar-refractivity contribution in [1.82, 2.24) is 20.4 Å². The predicted molar refractivity (Wildman–Crippen MR) is 92.9 cm³/mol. The zero-order chi connectivity index (χ0) is 16.9. The molecule has 1 aliphatic rings. The number of aromatic nitrogens is 2. The van der Waals surface area contributed by atoms with E-state index < -0.39 is 0 Å². The van der Waals surface area contributed by atoms with E-state index in [1.807, 2.05) is 31.2 Å². The molecule has 128 valence electrons. The Kier molecular flexibility index (Phi) is 5.55. The van der Waals surface area contributed by atoms with E-state index in [9.17, 15) is 4.79 Å². The fourth-order valence-corrected chi connectivity index (χ4v) is 3.40. The first-order chi connectivity index (χ1) is 11.6. The third kappa shape index (κ3) is 4.59. The van der Waals surface area contributed by atoms with Gasteiger partial charge in [-0.25, -0.2) is 0 Å². The highest BCUT2D eigenvalue weighted by atomic mass is 32.1. The first-order valence-corrected chi connectivity index (χ1v) is 8.92. The third-order valence-corrected chi connectivity index (χ3v) is 4.83. The number of aryl methyl sites for hydroxylation is 1. The number of ether oxygens (including phenoxy) is 1. The highest BCUT2D eigenvalue weighted by molar-refractivity contribution is 7.13. The van der Waals surface area contributed by atoms with Crippen molar-refractivity contribution in [3.63, 3.8) is 0 Å². The third-order valence-electron chi connectivity index (χ3n) is 3.92. The van der Waals surface area contributed by atoms with Crippen molar-refractivity contribution in [2.24, 2.45) is 0 Å². The molecule has 2 aromatic rings. The summed E-state index contributed by atoms with van der Waals surface area (Å²) < 4.78 is 5.53. The number of carbonyl (C=O) groups is 1. The summed E-state index contributed by atoms with van der Waals surface area (Å²) in [6.45, 7) is 7.83. The maximum atomic E-state index is 12.2. The fourth-order valence-electron chi connectivity index (χ4n) is 2.60. The topological polar surface area (TPSA) is 67.4 Å². The van der Waals surface area contributed by atoms with E-state index in [4.69, 9.17) is 4.74 Å². The average Bonchev–Trinajstić information content (AvgIpc) is 3.03. The van der Waals surface area contributed by atoms with Crippen LogP contribution in [0.1, 0.15) is 32.9 Å². The lowest BCUT2D eigenvalue weighted by molar-refractivity contribution is -0.0212. The van der Waals surface area contributed by atoms with Gasteiger partial charge in [0.1, 0.15) is 5.01 Å². The highest BCUT2D eigenvalue weighted by Gasteiger charge is 2.19. The van der Waals surface area contributed by atoms with Crippen LogP contribution in [0.15, 0.2) is 24.3 Å². The minimum Gasteiger partial charge on any atom is -0.376 e. The van der Waals surface area contributed by atoms with Crippen molar-refractivity contribution in [2.75, 3.05) is 19.7 Å². The highest BCUT2D eigenvalue weighted by Crippen LogP contribution is 2.15. The second kappa shape index (κ2) is 7.83. The van der Waals surface area contributed by atoms with Crippen molar-refractivity contribution < 1.29 is 9.53 Å². The van der Waals surface area contributed by atoms with Gasteiger partial charge in [-0.3, -0.25) is 9.69 Å². The van der Waals surface area contributed by atoms with Crippen molar-refractivity contribution in [2.45, 2.75) is 33.0 Å². The molecular weight excluding hydrogens is 324 g/mol. The average molecular weight is 346 g/mol. The van der Waals surface area contributed by atoms with Crippen LogP contribution < -0.4 is 5.32 Å². The molecule has 0 saturated carbocycles. The molecule has 1 aromatic carbocycles. The summed E-state index contributed by atoms with van der Waals surface area (Å²) in [5.74, 6) is -0.172. The van der Waals surface area contributed by atoms with Gasteiger partial charge in [0, 0.05) is 19.6 Å². The van der Waals surface area contributed by atoms with Crippen LogP contribution in [0.4, 0.5) is 0 Å². The summed E-state index contributed by atoms with van der Waals surface area (Å²) in [6.07, 6.45) is 0.240. The van der Waals surface area contributed by atoms with Gasteiger partial charge in [-0.15, -0.1) is 10.2 Å². The molecule has 1 aliphatic heterocycles. The molecule has 0 radical (unpaired) electrons. The standard InChI is InChI=1S/C17H22N4O2S/c1-12-3-5-14(6-4-12)9-18-16(22)17-20-19-15(24-17)11-21-7-8-23-13(2)10-21/h3-6,13H,7-11H2,1-2H3,(H,18,22)/t13-/m0/s1. The lowest BCUT2D eigenvalue weighted by atomic mass is 10.1. The SMILES string of the molecule is Cc1ccc(CNC(=O)c2nnc(CN3CCO[C@@H](C)C3)s2)cc1. The number of amides is 1. The molecule has 1 saturated heterocycles. The zero-order valence-corrected chi connectivity index (χ0v) is 14.8. The summed E-state index contributed by atoms with van der Waals surface area (Å²) in [7, 11) is 0. The van der Waals surface area contributed by atoms with Crippen LogP contribution in [-0.4, -0.2) is 46.8 Å². The lowest BCUT2D eigenvalue weighted by Crippen LogP contribution is -2.40. The van der Waals surface area contributed by atoms with Crippen LogP contribution in [-0.2, 0) is 17.8 Å². The minimum atomic E-state index is -0.172. The molecular formula is C17H22N4O2S. The molecule has 6 nitrogen and oxygen atoms in total. The molecule has 7 heteroatoms. The fraction of sp³-hybridized carbons (Fsp3) is 0.471. The van der Waals surface area contributed by atoms with Crippen LogP contribution >= 0.6 is 11.3 Å². The molecule has 1 fully saturated rings. The van der Waals surface area contributed by atoms with Gasteiger partial charge >= 0.3 is 0 Å². The molecule has 1 amide bonds. The van der Waals surface area contributed by atoms with E-state index in [1.165, 1.54) is 16.9 Å². The Hall–Kier alpha value is -1.83. The Morgan fingerprint density at radius 3 is 2.92 bits per heavy atom. The first kappa shape index (κ1) is 17.0. The van der Waals surface area contributed by atoms with Crippen LogP contribution in [0.25, 0.3) is 0 Å². The number of hydrogen-bond acceptors (Lipinski definition) is 6. The van der Waals surface area contributed by atoms with Crippen molar-refractivity contribution in [1.29, 1.82) is 0 Å². The maximum Gasteiger partial charge on any atom is 0.282 e. The number of rotatable bonds is 5. The van der Waals surface area contributed by atoms with Crippen LogP contribution in [0.2, 0.25) is 0 Å². The van der Waals surface area contributed by atoms with Gasteiger partial charge in [-0.1, -0.05) is 41.2 Å². The molecule has 0 bridgehead atoms. The predicted octanol–water partition coefficient (Wildman–Crippen LogP) is 2.00. The van der Waals surface area contributed by atoms with Gasteiger partial charge in [0.05, 0.1) is 19.3 Å². The second-order valence-corrected chi connectivity index (χ2v) is 7.15. The lowest BCUT2D eigenvalue weighted by Gasteiger charge is -2.30. The Labute approximate surface area is 145 Å². The molecule has 1 aromatic heterocycles. The molecule has 2 heterocycles. The molecule has 24 heavy (non-hydrogen) atoms. The van der Waals surface area contributed by atoms with E-state index >= 15 is 0 Å². The van der Waals surface area contributed by atoms with Crippen LogP contribution in [0.3, 0.4) is 0 Å². The molecule has 0 spiro atoms. The van der Waals surface area contributed by atoms with E-state index in [-0.39, 0.29) is 12.0 Å². The normalized spacial score (nSPS) is 18.5. The van der Waals surface area contributed by atoms with Gasteiger partial charge in [-0.2, -0.15) is 0 Å². The van der Waals surface area contributed by atoms with Crippen molar-refractivity contribution >= 4 is 17.2 Å². The molecule has 0 unspecified atom stereocenters. The van der Waals surface area contributed by atoms with E-state index in [1.54, 1.807) is 0 Å². The maximum absolute atomic E-state index is 12.2. The number of hydrogen-bond donors (Lipinski definition) is 1. The van der Waals surface area contributed by atoms with Crippen LogP contribution in [0, 0.1) is 6.92 Å². The van der Waals surface area contributed by atoms with E-state index in [0.717, 1.165) is 36.8 Å². The largest absolute Gasteiger partial charge is 0.376 e. The number of carbonyl (C=O) groups excluding carboxylic acids is 1. The van der Waals surface area contributed by atoms with Gasteiger partial charge < -0.3 is 10.1 Å². The molecule has 3 rings (SSSR count). The summed E-state index contributed by atoms with van der Waals surface area (Å²) >= 11 is 1.36. The zero-order valence-electron chi connectivity index (χ0n) is 14.0. The van der Waals surface area contributed by atoms with Gasteiger partial charge in [0.15, 0.2) is 0 Å². The van der Waals surface area contributed by atoms with E-state index in [2.05, 4.69) is 27.3 Å². The number of benzene rings is 1. The molecule has 1 N–H and O–H groups in total. The number of morpholine rings is 1. The van der Waals surface area contributed by atoms with Gasteiger partial charge in [-0.05, 0) is 19.4 Å². The quantitative estimate of drug-likeness (QED) is 0.897. The monoisotopic (exact) mass is 346 g/mol. The minimum absolute atomic E-state index is 0.172. The molecule has 0 aliphatic carbocycles.